The number of nitrogens with zero attached hydrogens (tertiary/aromatic N) is 7. The van der Waals surface area contributed by atoms with Crippen LogP contribution in [-0.2, 0) is 19.6 Å². The van der Waals surface area contributed by atoms with Crippen molar-refractivity contribution in [3.8, 4) is 11.6 Å². The molecule has 2 fully saturated rings. The lowest BCUT2D eigenvalue weighted by Crippen LogP contribution is -2.43. The van der Waals surface area contributed by atoms with Gasteiger partial charge in [-0.15, -0.1) is 0 Å². The molecule has 0 saturated carbocycles. The lowest BCUT2D eigenvalue weighted by Gasteiger charge is -2.32. The number of pyridine rings is 1. The normalized spacial score (nSPS) is 17.2. The van der Waals surface area contributed by atoms with Gasteiger partial charge in [-0.2, -0.15) is 0 Å². The summed E-state index contributed by atoms with van der Waals surface area (Å²) >= 11 is 0. The first kappa shape index (κ1) is 36.7. The number of ether oxygens (including phenoxy) is 2. The highest BCUT2D eigenvalue weighted by molar-refractivity contribution is 5.76. The lowest BCUT2D eigenvalue weighted by atomic mass is 10.0. The van der Waals surface area contributed by atoms with Crippen molar-refractivity contribution < 1.29 is 9.47 Å². The smallest absolute Gasteiger partial charge is 0.269 e. The molecule has 2 saturated heterocycles. The van der Waals surface area contributed by atoms with Crippen molar-refractivity contribution in [1.29, 1.82) is 0 Å². The third-order valence-corrected chi connectivity index (χ3v) is 10.6. The van der Waals surface area contributed by atoms with Gasteiger partial charge >= 0.3 is 0 Å². The summed E-state index contributed by atoms with van der Waals surface area (Å²) in [5.41, 5.74) is 12.8. The highest BCUT2D eigenvalue weighted by atomic mass is 16.6. The first-order valence-corrected chi connectivity index (χ1v) is 18.9. The number of aryl methyl sites for hydroxylation is 2. The number of fused-ring (bicyclic) bond motifs is 3. The molecule has 0 bridgehead atoms. The summed E-state index contributed by atoms with van der Waals surface area (Å²) in [6.45, 7) is 13.2. The van der Waals surface area contributed by atoms with Crippen LogP contribution in [0.15, 0.2) is 70.6 Å². The van der Waals surface area contributed by atoms with Crippen molar-refractivity contribution in [3.05, 3.63) is 98.5 Å². The largest absolute Gasteiger partial charge is 0.484 e. The second-order valence-electron chi connectivity index (χ2n) is 14.5. The molecule has 8 rings (SSSR count). The van der Waals surface area contributed by atoms with Crippen molar-refractivity contribution in [2.45, 2.75) is 71.2 Å². The Labute approximate surface area is 309 Å². The van der Waals surface area contributed by atoms with Gasteiger partial charge in [0.15, 0.2) is 5.75 Å². The van der Waals surface area contributed by atoms with Crippen LogP contribution in [0.3, 0.4) is 0 Å². The Balaban J connectivity index is 0.000000179. The molecule has 2 aromatic carbocycles. The number of nitrogens with one attached hydrogen (secondary N) is 1. The van der Waals surface area contributed by atoms with E-state index in [4.69, 9.17) is 15.2 Å². The number of likely N-dealkylation sites (tertiary alicyclic amines) is 2. The number of piperidine rings is 2. The number of aromatic nitrogens is 5. The van der Waals surface area contributed by atoms with E-state index in [2.05, 4.69) is 30.1 Å². The number of hydrogen-bond donors (Lipinski definition) is 2. The molecule has 0 aliphatic carbocycles. The molecule has 13 nitrogen and oxygen atoms in total. The molecule has 5 aromatic rings. The van der Waals surface area contributed by atoms with Crippen LogP contribution in [0.25, 0.3) is 22.1 Å². The fraction of sp³-hybridized carbons (Fsp3) is 0.475. The van der Waals surface area contributed by atoms with Gasteiger partial charge in [-0.25, -0.2) is 15.0 Å². The minimum Gasteiger partial charge on any atom is -0.484 e. The van der Waals surface area contributed by atoms with Crippen LogP contribution in [0.5, 0.6) is 11.6 Å². The molecule has 13 heteroatoms. The summed E-state index contributed by atoms with van der Waals surface area (Å²) in [5, 5.41) is 3.65. The summed E-state index contributed by atoms with van der Waals surface area (Å²) in [6, 6.07) is 14.9. The molecule has 53 heavy (non-hydrogen) atoms. The maximum atomic E-state index is 12.4. The van der Waals surface area contributed by atoms with Gasteiger partial charge in [0.1, 0.15) is 13.2 Å². The standard InChI is InChI=1S/C24H29N5O3.C16H22N4O/c1-17-2-3-20-21(12-17)29(23(30)16-26-20)9-8-28-6-4-19(5-7-28)25-14-18-13-22-24(27-15-18)32-11-10-31-22;1-12-2-3-14-15(10-12)20(16(21)11-18-14)9-8-19-6-4-13(17)5-7-19/h2-3,12-13,15-16,19,25H,4-11,14H2,1H3;2-3,10-11,13H,4-9,17H2,1H3. The zero-order chi connectivity index (χ0) is 36.7. The zero-order valence-electron chi connectivity index (χ0n) is 30.9. The average Bonchev–Trinajstić information content (AvgIpc) is 3.17. The number of rotatable bonds is 9. The molecule has 0 spiro atoms. The van der Waals surface area contributed by atoms with Crippen LogP contribution in [0.2, 0.25) is 0 Å². The fourth-order valence-corrected chi connectivity index (χ4v) is 7.36. The number of benzene rings is 2. The van der Waals surface area contributed by atoms with E-state index in [9.17, 15) is 9.59 Å². The quantitative estimate of drug-likeness (QED) is 0.231. The van der Waals surface area contributed by atoms with Crippen molar-refractivity contribution in [3.63, 3.8) is 0 Å². The van der Waals surface area contributed by atoms with Crippen LogP contribution in [0, 0.1) is 13.8 Å². The van der Waals surface area contributed by atoms with E-state index in [1.54, 1.807) is 0 Å². The first-order valence-electron chi connectivity index (χ1n) is 18.9. The molecule has 6 heterocycles. The van der Waals surface area contributed by atoms with Crippen molar-refractivity contribution in [2.75, 3.05) is 52.5 Å². The minimum atomic E-state index is -0.0345. The Morgan fingerprint density at radius 1 is 0.698 bits per heavy atom. The second kappa shape index (κ2) is 17.0. The summed E-state index contributed by atoms with van der Waals surface area (Å²) in [4.78, 5) is 42.2. The van der Waals surface area contributed by atoms with E-state index >= 15 is 0 Å². The zero-order valence-corrected chi connectivity index (χ0v) is 30.9. The molecular weight excluding hydrogens is 670 g/mol. The molecular formula is C40H51N9O4. The third kappa shape index (κ3) is 9.28. The van der Waals surface area contributed by atoms with Gasteiger partial charge in [0, 0.05) is 51.0 Å². The van der Waals surface area contributed by atoms with Gasteiger partial charge in [-0.1, -0.05) is 12.1 Å². The van der Waals surface area contributed by atoms with Gasteiger partial charge in [0.25, 0.3) is 17.0 Å². The van der Waals surface area contributed by atoms with Crippen LogP contribution < -0.4 is 31.6 Å². The van der Waals surface area contributed by atoms with E-state index in [0.717, 1.165) is 116 Å². The van der Waals surface area contributed by atoms with Gasteiger partial charge in [-0.3, -0.25) is 9.59 Å². The molecule has 3 aliphatic rings. The van der Waals surface area contributed by atoms with Gasteiger partial charge in [0.05, 0.1) is 34.5 Å². The summed E-state index contributed by atoms with van der Waals surface area (Å²) in [5.74, 6) is 1.32. The first-order chi connectivity index (χ1) is 25.8. The Bertz CT molecular complexity index is 2140. The van der Waals surface area contributed by atoms with Gasteiger partial charge in [-0.05, 0) is 113 Å². The van der Waals surface area contributed by atoms with Crippen LogP contribution in [-0.4, -0.2) is 98.5 Å². The molecule has 280 valence electrons. The second-order valence-corrected chi connectivity index (χ2v) is 14.5. The molecule has 0 unspecified atom stereocenters. The van der Waals surface area contributed by atoms with E-state index in [1.165, 1.54) is 12.4 Å². The Kier molecular flexibility index (Phi) is 11.7. The van der Waals surface area contributed by atoms with E-state index in [1.807, 2.05) is 71.6 Å². The number of hydrogen-bond acceptors (Lipinski definition) is 11. The van der Waals surface area contributed by atoms with Gasteiger partial charge in [0.2, 0.25) is 0 Å². The highest BCUT2D eigenvalue weighted by Crippen LogP contribution is 2.28. The monoisotopic (exact) mass is 721 g/mol. The summed E-state index contributed by atoms with van der Waals surface area (Å²) in [7, 11) is 0. The predicted octanol–water partition coefficient (Wildman–Crippen LogP) is 3.25. The topological polar surface area (TPSA) is 146 Å². The third-order valence-electron chi connectivity index (χ3n) is 10.6. The maximum Gasteiger partial charge on any atom is 0.269 e. The molecule has 3 aromatic heterocycles. The molecule has 3 aliphatic heterocycles. The summed E-state index contributed by atoms with van der Waals surface area (Å²) < 4.78 is 14.8. The average molecular weight is 722 g/mol. The number of nitrogens with two attached hydrogens (primary N) is 1. The van der Waals surface area contributed by atoms with Crippen molar-refractivity contribution in [1.82, 2.24) is 39.2 Å². The molecule has 3 N–H and O–H groups in total. The minimum absolute atomic E-state index is 0.0261. The lowest BCUT2D eigenvalue weighted by molar-refractivity contribution is 0.164. The Morgan fingerprint density at radius 3 is 1.83 bits per heavy atom. The predicted molar refractivity (Wildman–Crippen MR) is 207 cm³/mol. The van der Waals surface area contributed by atoms with Crippen molar-refractivity contribution >= 4 is 22.1 Å². The molecule has 0 radical (unpaired) electrons. The summed E-state index contributed by atoms with van der Waals surface area (Å²) in [6.07, 6.45) is 8.97. The van der Waals surface area contributed by atoms with Crippen LogP contribution >= 0.6 is 0 Å². The maximum absolute atomic E-state index is 12.4. The Morgan fingerprint density at radius 2 is 1.25 bits per heavy atom. The van der Waals surface area contributed by atoms with E-state index in [0.29, 0.717) is 44.3 Å². The SMILES string of the molecule is Cc1ccc2ncc(=O)n(CCN3CCC(N)CC3)c2c1.Cc1ccc2ncc(=O)n(CCN3CCC(NCc4cnc5c(c4)OCCO5)CC3)c2c1. The van der Waals surface area contributed by atoms with Gasteiger partial charge < -0.3 is 39.5 Å². The van der Waals surface area contributed by atoms with Crippen LogP contribution in [0.1, 0.15) is 42.4 Å². The van der Waals surface area contributed by atoms with E-state index < -0.39 is 0 Å². The van der Waals surface area contributed by atoms with Crippen molar-refractivity contribution in [2.24, 2.45) is 5.73 Å². The molecule has 0 amide bonds. The van der Waals surface area contributed by atoms with Crippen LogP contribution in [0.4, 0.5) is 0 Å². The highest BCUT2D eigenvalue weighted by Gasteiger charge is 2.20. The molecule has 0 atom stereocenters. The van der Waals surface area contributed by atoms with E-state index in [-0.39, 0.29) is 11.1 Å². The Hall–Kier alpha value is -4.69. The fourth-order valence-electron chi connectivity index (χ4n) is 7.36.